The van der Waals surface area contributed by atoms with Crippen molar-refractivity contribution >= 4 is 42.6 Å². The molecular weight excluding hydrogens is 520 g/mol. The molecular formula is C28H40N4O4S2. The van der Waals surface area contributed by atoms with Gasteiger partial charge in [-0.05, 0) is 81.4 Å². The Kier molecular flexibility index (Phi) is 10.3. The third kappa shape index (κ3) is 7.53. The Hall–Kier alpha value is -2.53. The largest absolute Gasteiger partial charge is 0.497 e. The number of anilines is 1. The van der Waals surface area contributed by atoms with Crippen LogP contribution in [0.5, 0.6) is 5.75 Å². The highest BCUT2D eigenvalue weighted by molar-refractivity contribution is 7.89. The van der Waals surface area contributed by atoms with Crippen LogP contribution in [0.4, 0.5) is 5.13 Å². The number of ether oxygens (including phenoxy) is 1. The second-order valence-corrected chi connectivity index (χ2v) is 13.5. The van der Waals surface area contributed by atoms with E-state index in [2.05, 4.69) is 4.90 Å². The molecule has 0 saturated carbocycles. The van der Waals surface area contributed by atoms with E-state index in [0.717, 1.165) is 28.9 Å². The molecule has 208 valence electrons. The van der Waals surface area contributed by atoms with E-state index in [9.17, 15) is 13.2 Å². The van der Waals surface area contributed by atoms with Crippen LogP contribution in [0.25, 0.3) is 10.2 Å². The molecule has 2 aromatic carbocycles. The minimum Gasteiger partial charge on any atom is -0.497 e. The van der Waals surface area contributed by atoms with Gasteiger partial charge in [-0.1, -0.05) is 39.0 Å². The molecule has 0 unspecified atom stereocenters. The van der Waals surface area contributed by atoms with Crippen molar-refractivity contribution in [3.63, 3.8) is 0 Å². The van der Waals surface area contributed by atoms with Gasteiger partial charge in [0, 0.05) is 25.2 Å². The Morgan fingerprint density at radius 3 is 2.16 bits per heavy atom. The topological polar surface area (TPSA) is 83.0 Å². The number of hydrogen-bond donors (Lipinski definition) is 0. The number of thiazole rings is 1. The van der Waals surface area contributed by atoms with Gasteiger partial charge < -0.3 is 9.64 Å². The molecule has 0 bridgehead atoms. The molecule has 0 aliphatic heterocycles. The maximum absolute atomic E-state index is 13.7. The number of sulfonamides is 1. The van der Waals surface area contributed by atoms with E-state index in [1.165, 1.54) is 23.5 Å². The molecule has 0 spiro atoms. The molecule has 0 saturated heterocycles. The van der Waals surface area contributed by atoms with E-state index in [4.69, 9.17) is 9.72 Å². The van der Waals surface area contributed by atoms with Gasteiger partial charge in [0.25, 0.3) is 5.91 Å². The van der Waals surface area contributed by atoms with Gasteiger partial charge >= 0.3 is 0 Å². The lowest BCUT2D eigenvalue weighted by Gasteiger charge is -2.26. The van der Waals surface area contributed by atoms with Crippen molar-refractivity contribution in [1.82, 2.24) is 14.2 Å². The zero-order valence-corrected chi connectivity index (χ0v) is 25.1. The summed E-state index contributed by atoms with van der Waals surface area (Å²) in [5.74, 6) is 0.932. The van der Waals surface area contributed by atoms with Gasteiger partial charge in [0.15, 0.2) is 5.13 Å². The number of methoxy groups -OCH3 is 1. The standard InChI is InChI=1S/C28H40N4O4S2/c1-20(2)18-31(19-21(3)4)38(34,35)24-12-9-22(10-13-24)27(33)32(16-8-15-30(5)6)28-29-25-14-11-23(36-7)17-26(25)37-28/h9-14,17,20-21H,8,15-16,18-19H2,1-7H3. The number of carbonyl (C=O) groups is 1. The Bertz CT molecular complexity index is 1310. The SMILES string of the molecule is COc1ccc2nc(N(CCCN(C)C)C(=O)c3ccc(S(=O)(=O)N(CC(C)C)CC(C)C)cc3)sc2c1. The lowest BCUT2D eigenvalue weighted by atomic mass is 10.2. The predicted octanol–water partition coefficient (Wildman–Crippen LogP) is 5.21. The van der Waals surface area contributed by atoms with Gasteiger partial charge in [0.1, 0.15) is 5.75 Å². The second kappa shape index (κ2) is 13.0. The van der Waals surface area contributed by atoms with E-state index < -0.39 is 10.0 Å². The number of nitrogens with zero attached hydrogens (tertiary/aromatic N) is 4. The van der Waals surface area contributed by atoms with Gasteiger partial charge in [-0.2, -0.15) is 4.31 Å². The predicted molar refractivity (Wildman–Crippen MR) is 156 cm³/mol. The molecule has 0 radical (unpaired) electrons. The summed E-state index contributed by atoms with van der Waals surface area (Å²) in [4.78, 5) is 22.4. The fourth-order valence-electron chi connectivity index (χ4n) is 4.12. The number of hydrogen-bond acceptors (Lipinski definition) is 7. The first-order valence-corrected chi connectivity index (χ1v) is 15.2. The summed E-state index contributed by atoms with van der Waals surface area (Å²) < 4.78 is 34.6. The summed E-state index contributed by atoms with van der Waals surface area (Å²) in [5.41, 5.74) is 1.22. The minimum atomic E-state index is -3.67. The lowest BCUT2D eigenvalue weighted by molar-refractivity contribution is 0.0986. The molecule has 10 heteroatoms. The zero-order valence-electron chi connectivity index (χ0n) is 23.5. The van der Waals surface area contributed by atoms with Gasteiger partial charge in [0.2, 0.25) is 10.0 Å². The summed E-state index contributed by atoms with van der Waals surface area (Å²) >= 11 is 1.44. The average molecular weight is 561 g/mol. The first-order valence-electron chi connectivity index (χ1n) is 12.9. The second-order valence-electron chi connectivity index (χ2n) is 10.6. The normalized spacial score (nSPS) is 12.3. The maximum atomic E-state index is 13.7. The smallest absolute Gasteiger partial charge is 0.260 e. The average Bonchev–Trinajstić information content (AvgIpc) is 3.28. The van der Waals surface area contributed by atoms with Gasteiger partial charge in [0.05, 0.1) is 22.2 Å². The Morgan fingerprint density at radius 1 is 0.974 bits per heavy atom. The van der Waals surface area contributed by atoms with E-state index in [1.807, 2.05) is 60.0 Å². The van der Waals surface area contributed by atoms with E-state index >= 15 is 0 Å². The van der Waals surface area contributed by atoms with Crippen molar-refractivity contribution in [2.45, 2.75) is 39.0 Å². The Balaban J connectivity index is 1.91. The van der Waals surface area contributed by atoms with Crippen LogP contribution in [0.1, 0.15) is 44.5 Å². The van der Waals surface area contributed by atoms with Crippen LogP contribution in [-0.2, 0) is 10.0 Å². The summed E-state index contributed by atoms with van der Waals surface area (Å²) in [7, 11) is 1.94. The molecule has 0 N–H and O–H groups in total. The fraction of sp³-hybridized carbons (Fsp3) is 0.500. The van der Waals surface area contributed by atoms with E-state index in [0.29, 0.717) is 30.3 Å². The van der Waals surface area contributed by atoms with Gasteiger partial charge in [-0.25, -0.2) is 13.4 Å². The van der Waals surface area contributed by atoms with Crippen LogP contribution in [0.2, 0.25) is 0 Å². The highest BCUT2D eigenvalue weighted by Gasteiger charge is 2.27. The number of rotatable bonds is 13. The van der Waals surface area contributed by atoms with Gasteiger partial charge in [-0.15, -0.1) is 0 Å². The summed E-state index contributed by atoms with van der Waals surface area (Å²) in [6.45, 7) is 10.2. The van der Waals surface area contributed by atoms with Crippen LogP contribution < -0.4 is 9.64 Å². The van der Waals surface area contributed by atoms with Crippen molar-refractivity contribution < 1.29 is 17.9 Å². The number of amides is 1. The fourth-order valence-corrected chi connectivity index (χ4v) is 6.91. The van der Waals surface area contributed by atoms with Crippen molar-refractivity contribution in [2.24, 2.45) is 11.8 Å². The van der Waals surface area contributed by atoms with Gasteiger partial charge in [-0.3, -0.25) is 9.69 Å². The first kappa shape index (κ1) is 30.0. The van der Waals surface area contributed by atoms with Crippen molar-refractivity contribution in [3.05, 3.63) is 48.0 Å². The molecule has 0 aliphatic carbocycles. The summed E-state index contributed by atoms with van der Waals surface area (Å²) in [6.07, 6.45) is 0.768. The number of aromatic nitrogens is 1. The lowest BCUT2D eigenvalue weighted by Crippen LogP contribution is -2.37. The molecule has 1 amide bonds. The molecule has 8 nitrogen and oxygen atoms in total. The highest BCUT2D eigenvalue weighted by Crippen LogP contribution is 2.32. The third-order valence-corrected chi connectivity index (χ3v) is 8.81. The Morgan fingerprint density at radius 2 is 1.61 bits per heavy atom. The molecule has 0 aliphatic rings. The molecule has 3 rings (SSSR count). The van der Waals surface area contributed by atoms with Crippen LogP contribution in [-0.4, -0.2) is 75.9 Å². The number of fused-ring (bicyclic) bond motifs is 1. The van der Waals surface area contributed by atoms with Crippen LogP contribution in [0.3, 0.4) is 0 Å². The van der Waals surface area contributed by atoms with Crippen LogP contribution in [0.15, 0.2) is 47.4 Å². The third-order valence-electron chi connectivity index (χ3n) is 5.92. The molecule has 3 aromatic rings. The van der Waals surface area contributed by atoms with Crippen molar-refractivity contribution in [3.8, 4) is 5.75 Å². The monoisotopic (exact) mass is 560 g/mol. The summed E-state index contributed by atoms with van der Waals surface area (Å²) in [5, 5.41) is 0.605. The molecule has 38 heavy (non-hydrogen) atoms. The number of benzene rings is 2. The molecule has 1 aromatic heterocycles. The summed E-state index contributed by atoms with van der Waals surface area (Å²) in [6, 6.07) is 11.9. The first-order chi connectivity index (χ1) is 17.9. The quantitative estimate of drug-likeness (QED) is 0.286. The highest BCUT2D eigenvalue weighted by atomic mass is 32.2. The Labute approximate surface area is 231 Å². The zero-order chi connectivity index (χ0) is 28.0. The molecule has 0 fully saturated rings. The van der Waals surface area contributed by atoms with Crippen LogP contribution in [0, 0.1) is 11.8 Å². The van der Waals surface area contributed by atoms with Crippen molar-refractivity contribution in [2.75, 3.05) is 52.3 Å². The minimum absolute atomic E-state index is 0.196. The van der Waals surface area contributed by atoms with Crippen LogP contribution >= 0.6 is 11.3 Å². The maximum Gasteiger partial charge on any atom is 0.260 e. The molecule has 0 atom stereocenters. The van der Waals surface area contributed by atoms with E-state index in [1.54, 1.807) is 28.4 Å². The number of carbonyl (C=O) groups excluding carboxylic acids is 1. The molecule has 1 heterocycles. The van der Waals surface area contributed by atoms with Crippen molar-refractivity contribution in [1.29, 1.82) is 0 Å². The van der Waals surface area contributed by atoms with E-state index in [-0.39, 0.29) is 22.6 Å².